The van der Waals surface area contributed by atoms with Gasteiger partial charge in [-0.3, -0.25) is 9.69 Å². The number of amides is 1. The van der Waals surface area contributed by atoms with Crippen molar-refractivity contribution in [1.82, 2.24) is 9.80 Å². The molecule has 1 amide bonds. The summed E-state index contributed by atoms with van der Waals surface area (Å²) in [5, 5.41) is 0. The fraction of sp³-hybridized carbons (Fsp3) is 0.409. The normalized spacial score (nSPS) is 16.6. The van der Waals surface area contributed by atoms with E-state index in [2.05, 4.69) is 49.1 Å². The minimum Gasteiger partial charge on any atom is -0.454 e. The molecule has 0 unspecified atom stereocenters. The number of hydrogen-bond donors (Lipinski definition) is 0. The Labute approximate surface area is 160 Å². The van der Waals surface area contributed by atoms with Crippen LogP contribution in [0, 0.1) is 13.8 Å². The number of nitrogens with zero attached hydrogens (tertiary/aromatic N) is 2. The van der Waals surface area contributed by atoms with E-state index in [0.29, 0.717) is 13.2 Å². The van der Waals surface area contributed by atoms with Gasteiger partial charge in [-0.05, 0) is 48.2 Å². The highest BCUT2D eigenvalue weighted by molar-refractivity contribution is 5.79. The van der Waals surface area contributed by atoms with Crippen LogP contribution >= 0.6 is 0 Å². The average Bonchev–Trinajstić information content (AvgIpc) is 3.13. The molecule has 2 aliphatic heterocycles. The lowest BCUT2D eigenvalue weighted by atomic mass is 10.0. The number of carbonyl (C=O) groups excluding carboxylic acids is 1. The molecule has 27 heavy (non-hydrogen) atoms. The van der Waals surface area contributed by atoms with Gasteiger partial charge in [0.2, 0.25) is 12.7 Å². The van der Waals surface area contributed by atoms with E-state index in [0.717, 1.165) is 49.8 Å². The van der Waals surface area contributed by atoms with E-state index in [1.54, 1.807) is 0 Å². The summed E-state index contributed by atoms with van der Waals surface area (Å²) in [6.45, 7) is 8.73. The van der Waals surface area contributed by atoms with Gasteiger partial charge in [-0.15, -0.1) is 0 Å². The number of rotatable bonds is 4. The molecule has 0 aliphatic carbocycles. The van der Waals surface area contributed by atoms with Crippen LogP contribution in [0.1, 0.15) is 22.3 Å². The van der Waals surface area contributed by atoms with Crippen molar-refractivity contribution in [2.75, 3.05) is 33.0 Å². The van der Waals surface area contributed by atoms with Crippen LogP contribution in [0.25, 0.3) is 0 Å². The first-order valence-electron chi connectivity index (χ1n) is 9.53. The van der Waals surface area contributed by atoms with E-state index in [4.69, 9.17) is 9.47 Å². The monoisotopic (exact) mass is 366 g/mol. The van der Waals surface area contributed by atoms with E-state index in [1.165, 1.54) is 16.7 Å². The summed E-state index contributed by atoms with van der Waals surface area (Å²) in [5.74, 6) is 1.87. The second-order valence-electron chi connectivity index (χ2n) is 7.44. The zero-order valence-electron chi connectivity index (χ0n) is 16.0. The zero-order chi connectivity index (χ0) is 18.8. The molecule has 2 aliphatic rings. The Balaban J connectivity index is 1.29. The lowest BCUT2D eigenvalue weighted by Gasteiger charge is -2.35. The van der Waals surface area contributed by atoms with Crippen LogP contribution in [-0.4, -0.2) is 48.7 Å². The maximum atomic E-state index is 12.6. The Morgan fingerprint density at radius 3 is 2.41 bits per heavy atom. The fourth-order valence-corrected chi connectivity index (χ4v) is 3.65. The third-order valence-electron chi connectivity index (χ3n) is 5.49. The lowest BCUT2D eigenvalue weighted by molar-refractivity contribution is -0.132. The molecule has 2 aromatic carbocycles. The van der Waals surface area contributed by atoms with Crippen LogP contribution in [0.2, 0.25) is 0 Å². The number of aryl methyl sites for hydroxylation is 2. The minimum absolute atomic E-state index is 0.223. The summed E-state index contributed by atoms with van der Waals surface area (Å²) < 4.78 is 10.8. The number of hydrogen-bond acceptors (Lipinski definition) is 4. The Bertz CT molecular complexity index is 841. The third-order valence-corrected chi connectivity index (χ3v) is 5.49. The molecular weight excluding hydrogens is 340 g/mol. The molecule has 5 nitrogen and oxygen atoms in total. The van der Waals surface area contributed by atoms with E-state index in [1.807, 2.05) is 11.0 Å². The van der Waals surface area contributed by atoms with E-state index in [-0.39, 0.29) is 5.91 Å². The number of fused-ring (bicyclic) bond motifs is 1. The smallest absolute Gasteiger partial charge is 0.231 e. The summed E-state index contributed by atoms with van der Waals surface area (Å²) in [5.41, 5.74) is 4.83. The van der Waals surface area contributed by atoms with Crippen molar-refractivity contribution in [3.8, 4) is 11.5 Å². The van der Waals surface area contributed by atoms with Crippen LogP contribution in [0.4, 0.5) is 0 Å². The molecule has 0 bridgehead atoms. The second-order valence-corrected chi connectivity index (χ2v) is 7.44. The highest BCUT2D eigenvalue weighted by atomic mass is 16.7. The molecular formula is C22H26N2O3. The van der Waals surface area contributed by atoms with Crippen molar-refractivity contribution in [3.63, 3.8) is 0 Å². The summed E-state index contributed by atoms with van der Waals surface area (Å²) in [4.78, 5) is 17.0. The van der Waals surface area contributed by atoms with E-state index < -0.39 is 0 Å². The van der Waals surface area contributed by atoms with Crippen molar-refractivity contribution in [2.24, 2.45) is 0 Å². The van der Waals surface area contributed by atoms with Crippen LogP contribution in [0.5, 0.6) is 11.5 Å². The number of ether oxygens (including phenoxy) is 2. The summed E-state index contributed by atoms with van der Waals surface area (Å²) in [7, 11) is 0. The van der Waals surface area contributed by atoms with Crippen molar-refractivity contribution in [3.05, 3.63) is 58.7 Å². The van der Waals surface area contributed by atoms with Gasteiger partial charge in [0, 0.05) is 32.7 Å². The average molecular weight is 366 g/mol. The first-order chi connectivity index (χ1) is 13.1. The number of carbonyl (C=O) groups is 1. The van der Waals surface area contributed by atoms with E-state index in [9.17, 15) is 4.79 Å². The highest BCUT2D eigenvalue weighted by Gasteiger charge is 2.22. The quantitative estimate of drug-likeness (QED) is 0.834. The van der Waals surface area contributed by atoms with Crippen molar-refractivity contribution in [1.29, 1.82) is 0 Å². The predicted octanol–water partition coefficient (Wildman–Crippen LogP) is 2.92. The number of piperazine rings is 1. The van der Waals surface area contributed by atoms with E-state index >= 15 is 0 Å². The van der Waals surface area contributed by atoms with Gasteiger partial charge in [0.25, 0.3) is 0 Å². The first-order valence-corrected chi connectivity index (χ1v) is 9.53. The minimum atomic E-state index is 0.223. The molecule has 1 fully saturated rings. The van der Waals surface area contributed by atoms with Gasteiger partial charge in [-0.2, -0.15) is 0 Å². The maximum Gasteiger partial charge on any atom is 0.231 e. The Hall–Kier alpha value is -2.53. The molecule has 1 saturated heterocycles. The zero-order valence-corrected chi connectivity index (χ0v) is 16.0. The van der Waals surface area contributed by atoms with Crippen LogP contribution in [-0.2, 0) is 17.8 Å². The standard InChI is InChI=1S/C22H26N2O3/c1-16-3-4-18(11-17(16)2)13-22(25)24-9-7-23(8-10-24)14-19-5-6-20-21(12-19)27-15-26-20/h3-6,11-12H,7-10,13-15H2,1-2H3. The van der Waals surface area contributed by atoms with Crippen LogP contribution in [0.3, 0.4) is 0 Å². The lowest BCUT2D eigenvalue weighted by Crippen LogP contribution is -2.48. The fourth-order valence-electron chi connectivity index (χ4n) is 3.65. The summed E-state index contributed by atoms with van der Waals surface area (Å²) >= 11 is 0. The predicted molar refractivity (Wildman–Crippen MR) is 104 cm³/mol. The van der Waals surface area contributed by atoms with Gasteiger partial charge >= 0.3 is 0 Å². The largest absolute Gasteiger partial charge is 0.454 e. The van der Waals surface area contributed by atoms with Gasteiger partial charge in [-0.1, -0.05) is 24.3 Å². The highest BCUT2D eigenvalue weighted by Crippen LogP contribution is 2.32. The molecule has 2 aromatic rings. The number of benzene rings is 2. The molecule has 2 heterocycles. The molecule has 0 aromatic heterocycles. The molecule has 142 valence electrons. The third kappa shape index (κ3) is 4.08. The van der Waals surface area contributed by atoms with Crippen molar-refractivity contribution in [2.45, 2.75) is 26.8 Å². The van der Waals surface area contributed by atoms with Gasteiger partial charge in [0.15, 0.2) is 11.5 Å². The molecule has 0 N–H and O–H groups in total. The second kappa shape index (κ2) is 7.61. The molecule has 0 saturated carbocycles. The SMILES string of the molecule is Cc1ccc(CC(=O)N2CCN(Cc3ccc4c(c3)OCO4)CC2)cc1C. The van der Waals surface area contributed by atoms with Crippen LogP contribution < -0.4 is 9.47 Å². The maximum absolute atomic E-state index is 12.6. The molecule has 0 radical (unpaired) electrons. The first kappa shape index (κ1) is 17.9. The molecule has 5 heteroatoms. The molecule has 0 spiro atoms. The Kier molecular flexibility index (Phi) is 5.03. The Morgan fingerprint density at radius 2 is 1.63 bits per heavy atom. The summed E-state index contributed by atoms with van der Waals surface area (Å²) in [6, 6.07) is 12.4. The van der Waals surface area contributed by atoms with Gasteiger partial charge in [0.05, 0.1) is 6.42 Å². The van der Waals surface area contributed by atoms with Gasteiger partial charge in [0.1, 0.15) is 0 Å². The Morgan fingerprint density at radius 1 is 0.889 bits per heavy atom. The topological polar surface area (TPSA) is 42.0 Å². The van der Waals surface area contributed by atoms with Crippen molar-refractivity contribution >= 4 is 5.91 Å². The van der Waals surface area contributed by atoms with Crippen molar-refractivity contribution < 1.29 is 14.3 Å². The van der Waals surface area contributed by atoms with Crippen LogP contribution in [0.15, 0.2) is 36.4 Å². The van der Waals surface area contributed by atoms with Gasteiger partial charge in [-0.25, -0.2) is 0 Å². The van der Waals surface area contributed by atoms with Gasteiger partial charge < -0.3 is 14.4 Å². The molecule has 4 rings (SSSR count). The molecule has 0 atom stereocenters. The summed E-state index contributed by atoms with van der Waals surface area (Å²) in [6.07, 6.45) is 0.489.